The van der Waals surface area contributed by atoms with Gasteiger partial charge in [-0.25, -0.2) is 4.79 Å². The Labute approximate surface area is 87.5 Å². The first-order valence-corrected chi connectivity index (χ1v) is 4.60. The SMILES string of the molecule is Nc1ccccc1N[C@@H](CCO)C(=O)O. The predicted octanol–water partition coefficient (Wildman–Crippen LogP) is 0.516. The van der Waals surface area contributed by atoms with Gasteiger partial charge in [-0.1, -0.05) is 12.1 Å². The molecule has 0 aliphatic carbocycles. The highest BCUT2D eigenvalue weighted by atomic mass is 16.4. The average molecular weight is 210 g/mol. The molecule has 0 saturated heterocycles. The lowest BCUT2D eigenvalue weighted by molar-refractivity contribution is -0.138. The molecule has 1 atom stereocenters. The van der Waals surface area contributed by atoms with Crippen molar-refractivity contribution < 1.29 is 15.0 Å². The molecule has 0 aromatic heterocycles. The number of nitrogens with one attached hydrogen (secondary N) is 1. The zero-order valence-corrected chi connectivity index (χ0v) is 8.18. The molecule has 15 heavy (non-hydrogen) atoms. The topological polar surface area (TPSA) is 95.6 Å². The van der Waals surface area contributed by atoms with E-state index in [0.717, 1.165) is 0 Å². The largest absolute Gasteiger partial charge is 0.480 e. The van der Waals surface area contributed by atoms with Crippen LogP contribution in [-0.4, -0.2) is 28.8 Å². The molecule has 0 bridgehead atoms. The summed E-state index contributed by atoms with van der Waals surface area (Å²) in [6.45, 7) is -0.184. The second-order valence-electron chi connectivity index (χ2n) is 3.13. The molecule has 5 heteroatoms. The molecule has 5 nitrogen and oxygen atoms in total. The molecule has 0 radical (unpaired) electrons. The summed E-state index contributed by atoms with van der Waals surface area (Å²) in [6, 6.07) is 6.08. The molecule has 1 aromatic carbocycles. The molecule has 0 heterocycles. The highest BCUT2D eigenvalue weighted by Gasteiger charge is 2.16. The number of aliphatic hydroxyl groups is 1. The fraction of sp³-hybridized carbons (Fsp3) is 0.300. The van der Waals surface area contributed by atoms with Gasteiger partial charge in [-0.05, 0) is 12.1 Å². The van der Waals surface area contributed by atoms with Gasteiger partial charge in [-0.3, -0.25) is 0 Å². The zero-order chi connectivity index (χ0) is 11.3. The summed E-state index contributed by atoms with van der Waals surface area (Å²) in [5.41, 5.74) is 6.70. The summed E-state index contributed by atoms with van der Waals surface area (Å²) in [5.74, 6) is -1.01. The Kier molecular flexibility index (Phi) is 3.93. The number of hydrogen-bond donors (Lipinski definition) is 4. The third-order valence-corrected chi connectivity index (χ3v) is 2.01. The average Bonchev–Trinajstić information content (AvgIpc) is 2.20. The third-order valence-electron chi connectivity index (χ3n) is 2.01. The number of nitrogen functional groups attached to an aromatic ring is 1. The number of nitrogens with two attached hydrogens (primary N) is 1. The molecule has 82 valence electrons. The Bertz CT molecular complexity index is 341. The van der Waals surface area contributed by atoms with Gasteiger partial charge in [0.05, 0.1) is 11.4 Å². The Morgan fingerprint density at radius 2 is 2.13 bits per heavy atom. The van der Waals surface area contributed by atoms with Gasteiger partial charge >= 0.3 is 5.97 Å². The van der Waals surface area contributed by atoms with Gasteiger partial charge in [0, 0.05) is 13.0 Å². The fourth-order valence-corrected chi connectivity index (χ4v) is 1.20. The normalized spacial score (nSPS) is 12.1. The number of carboxylic acids is 1. The molecule has 0 aliphatic heterocycles. The van der Waals surface area contributed by atoms with Crippen molar-refractivity contribution in [3.05, 3.63) is 24.3 Å². The molecule has 1 rings (SSSR count). The molecule has 0 saturated carbocycles. The van der Waals surface area contributed by atoms with Crippen LogP contribution >= 0.6 is 0 Å². The Hall–Kier alpha value is -1.75. The summed E-state index contributed by atoms with van der Waals surface area (Å²) in [7, 11) is 0. The zero-order valence-electron chi connectivity index (χ0n) is 8.18. The number of benzene rings is 1. The van der Waals surface area contributed by atoms with E-state index in [2.05, 4.69) is 5.32 Å². The van der Waals surface area contributed by atoms with Gasteiger partial charge < -0.3 is 21.3 Å². The number of aliphatic carboxylic acids is 1. The standard InChI is InChI=1S/C10H14N2O3/c11-7-3-1-2-4-8(7)12-9(5-6-13)10(14)15/h1-4,9,12-13H,5-6,11H2,(H,14,15)/t9-/m0/s1. The van der Waals surface area contributed by atoms with E-state index in [9.17, 15) is 4.79 Å². The summed E-state index contributed by atoms with van der Waals surface area (Å²) in [5, 5.41) is 20.3. The second-order valence-corrected chi connectivity index (χ2v) is 3.13. The van der Waals surface area contributed by atoms with Crippen LogP contribution in [0, 0.1) is 0 Å². The Morgan fingerprint density at radius 1 is 1.47 bits per heavy atom. The van der Waals surface area contributed by atoms with Crippen molar-refractivity contribution in [3.8, 4) is 0 Å². The van der Waals surface area contributed by atoms with E-state index in [1.807, 2.05) is 0 Å². The molecular weight excluding hydrogens is 196 g/mol. The first kappa shape index (κ1) is 11.3. The van der Waals surface area contributed by atoms with Crippen LogP contribution in [-0.2, 0) is 4.79 Å². The lowest BCUT2D eigenvalue weighted by Gasteiger charge is -2.15. The van der Waals surface area contributed by atoms with Crippen LogP contribution in [0.25, 0.3) is 0 Å². The molecular formula is C10H14N2O3. The van der Waals surface area contributed by atoms with Crippen molar-refractivity contribution in [1.82, 2.24) is 0 Å². The van der Waals surface area contributed by atoms with Gasteiger partial charge in [0.25, 0.3) is 0 Å². The Morgan fingerprint density at radius 3 is 2.67 bits per heavy atom. The second kappa shape index (κ2) is 5.21. The van der Waals surface area contributed by atoms with Crippen LogP contribution in [0.5, 0.6) is 0 Å². The summed E-state index contributed by atoms with van der Waals surface area (Å²) < 4.78 is 0. The lowest BCUT2D eigenvalue weighted by Crippen LogP contribution is -2.30. The molecule has 0 spiro atoms. The van der Waals surface area contributed by atoms with E-state index >= 15 is 0 Å². The number of para-hydroxylation sites is 2. The first-order valence-electron chi connectivity index (χ1n) is 4.60. The monoisotopic (exact) mass is 210 g/mol. The third kappa shape index (κ3) is 3.14. The molecule has 0 fully saturated rings. The molecule has 0 amide bonds. The number of hydrogen-bond acceptors (Lipinski definition) is 4. The fourth-order valence-electron chi connectivity index (χ4n) is 1.20. The molecule has 1 aromatic rings. The van der Waals surface area contributed by atoms with Gasteiger partial charge in [-0.15, -0.1) is 0 Å². The van der Waals surface area contributed by atoms with E-state index in [0.29, 0.717) is 11.4 Å². The summed E-state index contributed by atoms with van der Waals surface area (Å²) in [4.78, 5) is 10.8. The maximum absolute atomic E-state index is 10.8. The lowest BCUT2D eigenvalue weighted by atomic mass is 10.2. The number of carbonyl (C=O) groups is 1. The summed E-state index contributed by atoms with van der Waals surface area (Å²) >= 11 is 0. The molecule has 0 unspecified atom stereocenters. The van der Waals surface area contributed by atoms with Crippen LogP contribution < -0.4 is 11.1 Å². The van der Waals surface area contributed by atoms with Crippen LogP contribution in [0.4, 0.5) is 11.4 Å². The Balaban J connectivity index is 2.74. The van der Waals surface area contributed by atoms with Gasteiger partial charge in [-0.2, -0.15) is 0 Å². The minimum atomic E-state index is -1.01. The first-order chi connectivity index (χ1) is 7.15. The van der Waals surface area contributed by atoms with Crippen molar-refractivity contribution in [2.75, 3.05) is 17.7 Å². The van der Waals surface area contributed by atoms with E-state index in [4.69, 9.17) is 15.9 Å². The maximum Gasteiger partial charge on any atom is 0.326 e. The van der Waals surface area contributed by atoms with Crippen molar-refractivity contribution >= 4 is 17.3 Å². The minimum Gasteiger partial charge on any atom is -0.480 e. The number of aliphatic hydroxyl groups excluding tert-OH is 1. The predicted molar refractivity (Wildman–Crippen MR) is 57.6 cm³/mol. The van der Waals surface area contributed by atoms with E-state index in [-0.39, 0.29) is 13.0 Å². The number of rotatable bonds is 5. The van der Waals surface area contributed by atoms with E-state index < -0.39 is 12.0 Å². The van der Waals surface area contributed by atoms with Gasteiger partial charge in [0.15, 0.2) is 0 Å². The van der Waals surface area contributed by atoms with Crippen molar-refractivity contribution in [3.63, 3.8) is 0 Å². The van der Waals surface area contributed by atoms with Gasteiger partial charge in [0.2, 0.25) is 0 Å². The van der Waals surface area contributed by atoms with Crippen LogP contribution in [0.15, 0.2) is 24.3 Å². The van der Waals surface area contributed by atoms with Crippen molar-refractivity contribution in [2.24, 2.45) is 0 Å². The van der Waals surface area contributed by atoms with Crippen molar-refractivity contribution in [1.29, 1.82) is 0 Å². The van der Waals surface area contributed by atoms with Crippen LogP contribution in [0.1, 0.15) is 6.42 Å². The van der Waals surface area contributed by atoms with Crippen LogP contribution in [0.2, 0.25) is 0 Å². The minimum absolute atomic E-state index is 0.143. The smallest absolute Gasteiger partial charge is 0.326 e. The summed E-state index contributed by atoms with van der Waals surface area (Å²) in [6.07, 6.45) is 0.143. The molecule has 0 aliphatic rings. The maximum atomic E-state index is 10.8. The van der Waals surface area contributed by atoms with E-state index in [1.54, 1.807) is 24.3 Å². The quantitative estimate of drug-likeness (QED) is 0.531. The number of anilines is 2. The highest BCUT2D eigenvalue weighted by Crippen LogP contribution is 2.18. The van der Waals surface area contributed by atoms with Crippen molar-refractivity contribution in [2.45, 2.75) is 12.5 Å². The molecule has 5 N–H and O–H groups in total. The van der Waals surface area contributed by atoms with Crippen LogP contribution in [0.3, 0.4) is 0 Å². The highest BCUT2D eigenvalue weighted by molar-refractivity contribution is 5.79. The number of carboxylic acid groups (broad SMARTS) is 1. The van der Waals surface area contributed by atoms with E-state index in [1.165, 1.54) is 0 Å². The van der Waals surface area contributed by atoms with Gasteiger partial charge in [0.1, 0.15) is 6.04 Å².